The third-order valence-corrected chi connectivity index (χ3v) is 2.11. The minimum Gasteiger partial charge on any atom is -0.408 e. The van der Waals surface area contributed by atoms with E-state index in [2.05, 4.69) is 5.16 Å². The number of likely N-dealkylation sites (tertiary alicyclic amines) is 1. The van der Waals surface area contributed by atoms with Crippen LogP contribution in [0.1, 0.15) is 6.42 Å². The van der Waals surface area contributed by atoms with Crippen LogP contribution in [0.4, 0.5) is 0 Å². The van der Waals surface area contributed by atoms with Crippen molar-refractivity contribution in [2.24, 2.45) is 16.8 Å². The van der Waals surface area contributed by atoms with Crippen molar-refractivity contribution in [2.45, 2.75) is 6.42 Å². The van der Waals surface area contributed by atoms with Crippen LogP contribution in [-0.2, 0) is 4.74 Å². The molecule has 0 aromatic rings. The maximum atomic E-state index is 8.40. The molecule has 0 aromatic heterocycles. The van der Waals surface area contributed by atoms with Crippen LogP contribution in [0, 0.1) is 5.92 Å². The number of ether oxygens (including phenoxy) is 1. The Hall–Kier alpha value is -0.970. The number of methoxy groups -OCH3 is 1. The van der Waals surface area contributed by atoms with E-state index in [1.54, 1.807) is 7.11 Å². The summed E-state index contributed by atoms with van der Waals surface area (Å²) < 4.78 is 5.02. The average molecular weight is 173 g/mol. The van der Waals surface area contributed by atoms with Gasteiger partial charge in [0.15, 0.2) is 0 Å². The predicted octanol–water partition coefficient (Wildman–Crippen LogP) is -0.341. The van der Waals surface area contributed by atoms with Crippen molar-refractivity contribution >= 4 is 5.96 Å². The van der Waals surface area contributed by atoms with Crippen molar-refractivity contribution in [2.75, 3.05) is 26.8 Å². The Morgan fingerprint density at radius 1 is 1.83 bits per heavy atom. The molecule has 0 radical (unpaired) electrons. The highest BCUT2D eigenvalue weighted by molar-refractivity contribution is 5.77. The van der Waals surface area contributed by atoms with Crippen LogP contribution in [-0.4, -0.2) is 42.9 Å². The van der Waals surface area contributed by atoms with Crippen molar-refractivity contribution in [1.82, 2.24) is 4.90 Å². The fourth-order valence-corrected chi connectivity index (χ4v) is 1.48. The fraction of sp³-hybridized carbons (Fsp3) is 0.857. The van der Waals surface area contributed by atoms with Crippen LogP contribution < -0.4 is 5.73 Å². The van der Waals surface area contributed by atoms with Gasteiger partial charge in [0, 0.05) is 26.1 Å². The second kappa shape index (κ2) is 4.15. The Balaban J connectivity index is 2.35. The zero-order chi connectivity index (χ0) is 8.97. The lowest BCUT2D eigenvalue weighted by atomic mass is 10.1. The van der Waals surface area contributed by atoms with Crippen molar-refractivity contribution in [3.8, 4) is 0 Å². The third kappa shape index (κ3) is 2.01. The molecule has 1 fully saturated rings. The Kier molecular flexibility index (Phi) is 3.16. The molecule has 1 heterocycles. The highest BCUT2D eigenvalue weighted by Gasteiger charge is 2.23. The number of oxime groups is 1. The van der Waals surface area contributed by atoms with E-state index in [1.807, 2.05) is 4.90 Å². The first-order chi connectivity index (χ1) is 5.77. The molecule has 0 aliphatic carbocycles. The molecule has 3 N–H and O–H groups in total. The average Bonchev–Trinajstić information content (AvgIpc) is 2.52. The van der Waals surface area contributed by atoms with Crippen LogP contribution in [0.5, 0.6) is 0 Å². The van der Waals surface area contributed by atoms with E-state index < -0.39 is 0 Å². The third-order valence-electron chi connectivity index (χ3n) is 2.11. The Morgan fingerprint density at radius 2 is 2.58 bits per heavy atom. The summed E-state index contributed by atoms with van der Waals surface area (Å²) in [5.41, 5.74) is 5.42. The van der Waals surface area contributed by atoms with Gasteiger partial charge in [-0.05, 0) is 6.42 Å². The van der Waals surface area contributed by atoms with E-state index in [1.165, 1.54) is 0 Å². The Bertz CT molecular complexity index is 172. The lowest BCUT2D eigenvalue weighted by Gasteiger charge is -2.15. The van der Waals surface area contributed by atoms with Gasteiger partial charge in [0.1, 0.15) is 0 Å². The van der Waals surface area contributed by atoms with E-state index in [-0.39, 0.29) is 5.96 Å². The molecule has 0 amide bonds. The van der Waals surface area contributed by atoms with Gasteiger partial charge >= 0.3 is 0 Å². The van der Waals surface area contributed by atoms with E-state index in [0.717, 1.165) is 26.1 Å². The molecule has 1 atom stereocenters. The molecule has 1 saturated heterocycles. The molecule has 0 aromatic carbocycles. The molecule has 12 heavy (non-hydrogen) atoms. The summed E-state index contributed by atoms with van der Waals surface area (Å²) in [5.74, 6) is 0.712. The second-order valence-corrected chi connectivity index (χ2v) is 3.01. The zero-order valence-electron chi connectivity index (χ0n) is 7.23. The van der Waals surface area contributed by atoms with Crippen molar-refractivity contribution < 1.29 is 9.94 Å². The number of hydrogen-bond donors (Lipinski definition) is 2. The summed E-state index contributed by atoms with van der Waals surface area (Å²) in [7, 11) is 1.69. The highest BCUT2D eigenvalue weighted by atomic mass is 16.5. The molecule has 0 bridgehead atoms. The Morgan fingerprint density at radius 3 is 3.17 bits per heavy atom. The first kappa shape index (κ1) is 9.12. The highest BCUT2D eigenvalue weighted by Crippen LogP contribution is 2.15. The number of guanidine groups is 1. The predicted molar refractivity (Wildman–Crippen MR) is 45.0 cm³/mol. The first-order valence-electron chi connectivity index (χ1n) is 3.99. The monoisotopic (exact) mass is 173 g/mol. The van der Waals surface area contributed by atoms with Gasteiger partial charge in [-0.15, -0.1) is 0 Å². The molecular formula is C7H15N3O2. The van der Waals surface area contributed by atoms with Crippen LogP contribution >= 0.6 is 0 Å². The quantitative estimate of drug-likeness (QED) is 0.259. The van der Waals surface area contributed by atoms with Gasteiger partial charge in [-0.2, -0.15) is 0 Å². The summed E-state index contributed by atoms with van der Waals surface area (Å²) in [6, 6.07) is 0. The van der Waals surface area contributed by atoms with Crippen LogP contribution in [0.25, 0.3) is 0 Å². The lowest BCUT2D eigenvalue weighted by Crippen LogP contribution is -2.35. The lowest BCUT2D eigenvalue weighted by molar-refractivity contribution is 0.157. The molecule has 1 rings (SSSR count). The number of nitrogens with two attached hydrogens (primary N) is 1. The van der Waals surface area contributed by atoms with Gasteiger partial charge < -0.3 is 20.6 Å². The van der Waals surface area contributed by atoms with E-state index >= 15 is 0 Å². The van der Waals surface area contributed by atoms with E-state index in [4.69, 9.17) is 15.7 Å². The summed E-state index contributed by atoms with van der Waals surface area (Å²) in [4.78, 5) is 1.85. The molecule has 5 heteroatoms. The Labute approximate surface area is 71.8 Å². The second-order valence-electron chi connectivity index (χ2n) is 3.01. The van der Waals surface area contributed by atoms with E-state index in [9.17, 15) is 0 Å². The van der Waals surface area contributed by atoms with Crippen LogP contribution in [0.3, 0.4) is 0 Å². The van der Waals surface area contributed by atoms with Crippen LogP contribution in [0.15, 0.2) is 5.16 Å². The number of nitrogens with zero attached hydrogens (tertiary/aromatic N) is 2. The first-order valence-corrected chi connectivity index (χ1v) is 3.99. The maximum Gasteiger partial charge on any atom is 0.233 e. The zero-order valence-corrected chi connectivity index (χ0v) is 7.23. The molecule has 1 unspecified atom stereocenters. The van der Waals surface area contributed by atoms with E-state index in [0.29, 0.717) is 5.92 Å². The van der Waals surface area contributed by atoms with Crippen molar-refractivity contribution in [1.29, 1.82) is 0 Å². The molecule has 70 valence electrons. The van der Waals surface area contributed by atoms with Gasteiger partial charge in [-0.3, -0.25) is 0 Å². The maximum absolute atomic E-state index is 8.40. The topological polar surface area (TPSA) is 71.1 Å². The standard InChI is InChI=1S/C7H15N3O2/c1-12-5-6-2-3-10(4-6)7(8)9-11/h6,11H,2-5H2,1H3,(H2,8,9). The van der Waals surface area contributed by atoms with Gasteiger partial charge in [-0.25, -0.2) is 0 Å². The number of hydrogen-bond acceptors (Lipinski definition) is 3. The molecular weight excluding hydrogens is 158 g/mol. The normalized spacial score (nSPS) is 24.9. The largest absolute Gasteiger partial charge is 0.408 e. The fourth-order valence-electron chi connectivity index (χ4n) is 1.48. The minimum atomic E-state index is 0.202. The molecule has 0 saturated carbocycles. The number of rotatable bonds is 2. The van der Waals surface area contributed by atoms with Crippen molar-refractivity contribution in [3.63, 3.8) is 0 Å². The minimum absolute atomic E-state index is 0.202. The summed E-state index contributed by atoms with van der Waals surface area (Å²) in [6.45, 7) is 2.42. The smallest absolute Gasteiger partial charge is 0.233 e. The summed E-state index contributed by atoms with van der Waals surface area (Å²) >= 11 is 0. The van der Waals surface area contributed by atoms with Crippen LogP contribution in [0.2, 0.25) is 0 Å². The summed E-state index contributed by atoms with van der Waals surface area (Å²) in [5, 5.41) is 11.3. The van der Waals surface area contributed by atoms with Gasteiger partial charge in [0.2, 0.25) is 5.96 Å². The summed E-state index contributed by atoms with van der Waals surface area (Å²) in [6.07, 6.45) is 1.05. The van der Waals surface area contributed by atoms with Gasteiger partial charge in [0.05, 0.1) is 6.61 Å². The van der Waals surface area contributed by atoms with Gasteiger partial charge in [0.25, 0.3) is 0 Å². The van der Waals surface area contributed by atoms with Gasteiger partial charge in [-0.1, -0.05) is 5.16 Å². The molecule has 1 aliphatic rings. The molecule has 0 spiro atoms. The SMILES string of the molecule is COCC1CCN(C(N)=NO)C1. The molecule has 5 nitrogen and oxygen atoms in total. The molecule has 1 aliphatic heterocycles. The van der Waals surface area contributed by atoms with Crippen molar-refractivity contribution in [3.05, 3.63) is 0 Å².